The number of hydrogen-bond acceptors (Lipinski definition) is 6. The Kier molecular flexibility index (Phi) is 4.09. The number of benzene rings is 1. The van der Waals surface area contributed by atoms with Crippen molar-refractivity contribution in [2.75, 3.05) is 5.32 Å². The number of halogens is 1. The standard InChI is InChI=1S/C14H9ClN4O3S/c15-8-3-1-2-7(4-8)9-5-11(22-19-9)13(21)18-14-17-10(6-23-14)12(16)20/h1-6H,(H2,16,20)(H,17,18,21). The number of nitrogens with two attached hydrogens (primary N) is 1. The lowest BCUT2D eigenvalue weighted by atomic mass is 10.1. The van der Waals surface area contributed by atoms with E-state index in [4.69, 9.17) is 21.9 Å². The topological polar surface area (TPSA) is 111 Å². The van der Waals surface area contributed by atoms with Gasteiger partial charge in [-0.25, -0.2) is 4.98 Å². The number of nitrogens with one attached hydrogen (secondary N) is 1. The lowest BCUT2D eigenvalue weighted by molar-refractivity contribution is 0.0980. The van der Waals surface area contributed by atoms with Crippen LogP contribution < -0.4 is 11.1 Å². The van der Waals surface area contributed by atoms with Gasteiger partial charge in [0.05, 0.1) is 0 Å². The zero-order chi connectivity index (χ0) is 16.4. The Labute approximate surface area is 139 Å². The third-order valence-electron chi connectivity index (χ3n) is 2.83. The third kappa shape index (κ3) is 3.38. The van der Waals surface area contributed by atoms with Crippen LogP contribution >= 0.6 is 22.9 Å². The number of primary amides is 1. The van der Waals surface area contributed by atoms with E-state index in [1.165, 1.54) is 11.4 Å². The van der Waals surface area contributed by atoms with Crippen molar-refractivity contribution in [2.45, 2.75) is 0 Å². The molecular formula is C14H9ClN4O3S. The molecule has 2 heterocycles. The first-order valence-electron chi connectivity index (χ1n) is 6.32. The van der Waals surface area contributed by atoms with Crippen molar-refractivity contribution in [3.8, 4) is 11.3 Å². The fourth-order valence-electron chi connectivity index (χ4n) is 1.77. The summed E-state index contributed by atoms with van der Waals surface area (Å²) in [6.07, 6.45) is 0. The van der Waals surface area contributed by atoms with Crippen LogP contribution in [0.4, 0.5) is 5.13 Å². The molecular weight excluding hydrogens is 340 g/mol. The summed E-state index contributed by atoms with van der Waals surface area (Å²) in [4.78, 5) is 26.9. The summed E-state index contributed by atoms with van der Waals surface area (Å²) in [7, 11) is 0. The van der Waals surface area contributed by atoms with Crippen molar-refractivity contribution in [3.05, 3.63) is 52.2 Å². The second-order valence-corrected chi connectivity index (χ2v) is 5.74. The van der Waals surface area contributed by atoms with Gasteiger partial charge in [0.2, 0.25) is 5.76 Å². The lowest BCUT2D eigenvalue weighted by Crippen LogP contribution is -2.13. The van der Waals surface area contributed by atoms with Crippen LogP contribution in [-0.4, -0.2) is 22.0 Å². The summed E-state index contributed by atoms with van der Waals surface area (Å²) >= 11 is 7.00. The van der Waals surface area contributed by atoms with Gasteiger partial charge >= 0.3 is 0 Å². The minimum Gasteiger partial charge on any atom is -0.364 e. The molecule has 0 saturated heterocycles. The Morgan fingerprint density at radius 2 is 2.13 bits per heavy atom. The summed E-state index contributed by atoms with van der Waals surface area (Å²) in [6, 6.07) is 8.50. The van der Waals surface area contributed by atoms with E-state index in [0.29, 0.717) is 10.7 Å². The first kappa shape index (κ1) is 15.2. The number of carbonyl (C=O) groups is 2. The lowest BCUT2D eigenvalue weighted by Gasteiger charge is -1.96. The minimum atomic E-state index is -0.662. The SMILES string of the molecule is NC(=O)c1csc(NC(=O)c2cc(-c3cccc(Cl)c3)no2)n1. The fourth-order valence-corrected chi connectivity index (χ4v) is 2.65. The molecule has 23 heavy (non-hydrogen) atoms. The number of amides is 2. The van der Waals surface area contributed by atoms with Gasteiger partial charge in [-0.1, -0.05) is 28.9 Å². The first-order chi connectivity index (χ1) is 11.0. The molecule has 0 unspecified atom stereocenters. The normalized spacial score (nSPS) is 10.5. The molecule has 116 valence electrons. The minimum absolute atomic E-state index is 0.0100. The maximum atomic E-state index is 12.1. The summed E-state index contributed by atoms with van der Waals surface area (Å²) in [5, 5.41) is 8.60. The Balaban J connectivity index is 1.77. The highest BCUT2D eigenvalue weighted by molar-refractivity contribution is 7.14. The smallest absolute Gasteiger partial charge is 0.296 e. The van der Waals surface area contributed by atoms with Gasteiger partial charge in [0.1, 0.15) is 11.4 Å². The van der Waals surface area contributed by atoms with E-state index in [1.54, 1.807) is 24.3 Å². The zero-order valence-corrected chi connectivity index (χ0v) is 13.0. The quantitative estimate of drug-likeness (QED) is 0.753. The van der Waals surface area contributed by atoms with Crippen molar-refractivity contribution in [1.29, 1.82) is 0 Å². The predicted molar refractivity (Wildman–Crippen MR) is 85.5 cm³/mol. The molecule has 2 aromatic heterocycles. The second-order valence-electron chi connectivity index (χ2n) is 4.44. The van der Waals surface area contributed by atoms with Crippen LogP contribution in [0.25, 0.3) is 11.3 Å². The van der Waals surface area contributed by atoms with Crippen LogP contribution in [-0.2, 0) is 0 Å². The monoisotopic (exact) mass is 348 g/mol. The Bertz CT molecular complexity index is 890. The summed E-state index contributed by atoms with van der Waals surface area (Å²) in [6.45, 7) is 0. The van der Waals surface area contributed by atoms with Gasteiger partial charge in [-0.2, -0.15) is 0 Å². The van der Waals surface area contributed by atoms with E-state index in [2.05, 4.69) is 15.5 Å². The van der Waals surface area contributed by atoms with Crippen molar-refractivity contribution in [1.82, 2.24) is 10.1 Å². The number of anilines is 1. The molecule has 0 fully saturated rings. The first-order valence-corrected chi connectivity index (χ1v) is 7.58. The maximum absolute atomic E-state index is 12.1. The maximum Gasteiger partial charge on any atom is 0.296 e. The van der Waals surface area contributed by atoms with Crippen LogP contribution in [0.15, 0.2) is 40.2 Å². The van der Waals surface area contributed by atoms with Crippen LogP contribution in [0.3, 0.4) is 0 Å². The van der Waals surface area contributed by atoms with Gasteiger partial charge in [-0.05, 0) is 12.1 Å². The molecule has 0 saturated carbocycles. The number of nitrogens with zero attached hydrogens (tertiary/aromatic N) is 2. The number of carbonyl (C=O) groups excluding carboxylic acids is 2. The van der Waals surface area contributed by atoms with Crippen molar-refractivity contribution in [2.24, 2.45) is 5.73 Å². The zero-order valence-electron chi connectivity index (χ0n) is 11.4. The molecule has 2 amide bonds. The number of aromatic nitrogens is 2. The summed E-state index contributed by atoms with van der Waals surface area (Å²) < 4.78 is 5.03. The van der Waals surface area contributed by atoms with E-state index in [0.717, 1.165) is 16.9 Å². The van der Waals surface area contributed by atoms with Crippen molar-refractivity contribution >= 4 is 39.9 Å². The molecule has 3 aromatic rings. The van der Waals surface area contributed by atoms with Crippen LogP contribution in [0.2, 0.25) is 5.02 Å². The second kappa shape index (κ2) is 6.19. The molecule has 9 heteroatoms. The Morgan fingerprint density at radius 3 is 2.83 bits per heavy atom. The van der Waals surface area contributed by atoms with Gasteiger partial charge in [-0.3, -0.25) is 14.9 Å². The Morgan fingerprint density at radius 1 is 1.30 bits per heavy atom. The predicted octanol–water partition coefficient (Wildman–Crippen LogP) is 2.80. The molecule has 1 aromatic carbocycles. The molecule has 0 aliphatic rings. The van der Waals surface area contributed by atoms with Crippen LogP contribution in [0.1, 0.15) is 21.0 Å². The molecule has 7 nitrogen and oxygen atoms in total. The van der Waals surface area contributed by atoms with E-state index in [9.17, 15) is 9.59 Å². The highest BCUT2D eigenvalue weighted by atomic mass is 35.5. The summed E-state index contributed by atoms with van der Waals surface area (Å²) in [5.74, 6) is -1.18. The van der Waals surface area contributed by atoms with Gasteiger partial charge in [-0.15, -0.1) is 11.3 Å². The molecule has 0 spiro atoms. The van der Waals surface area contributed by atoms with Gasteiger partial charge in [0, 0.05) is 22.0 Å². The highest BCUT2D eigenvalue weighted by Crippen LogP contribution is 2.23. The number of thiazole rings is 1. The molecule has 3 N–H and O–H groups in total. The molecule has 0 aliphatic carbocycles. The molecule has 0 radical (unpaired) electrons. The van der Waals surface area contributed by atoms with Crippen LogP contribution in [0, 0.1) is 0 Å². The van der Waals surface area contributed by atoms with Crippen LogP contribution in [0.5, 0.6) is 0 Å². The van der Waals surface area contributed by atoms with Crippen molar-refractivity contribution in [3.63, 3.8) is 0 Å². The van der Waals surface area contributed by atoms with Gasteiger partial charge in [0.25, 0.3) is 11.8 Å². The van der Waals surface area contributed by atoms with E-state index in [1.807, 2.05) is 0 Å². The van der Waals surface area contributed by atoms with E-state index >= 15 is 0 Å². The average Bonchev–Trinajstić information content (AvgIpc) is 3.16. The van der Waals surface area contributed by atoms with E-state index < -0.39 is 11.8 Å². The molecule has 0 bridgehead atoms. The Hall–Kier alpha value is -2.71. The van der Waals surface area contributed by atoms with Gasteiger partial charge in [0.15, 0.2) is 5.13 Å². The highest BCUT2D eigenvalue weighted by Gasteiger charge is 2.16. The molecule has 3 rings (SSSR count). The fraction of sp³-hybridized carbons (Fsp3) is 0. The average molecular weight is 349 g/mol. The number of rotatable bonds is 4. The largest absolute Gasteiger partial charge is 0.364 e. The molecule has 0 aliphatic heterocycles. The number of hydrogen-bond donors (Lipinski definition) is 2. The van der Waals surface area contributed by atoms with Gasteiger partial charge < -0.3 is 10.3 Å². The van der Waals surface area contributed by atoms with E-state index in [-0.39, 0.29) is 16.6 Å². The third-order valence-corrected chi connectivity index (χ3v) is 3.82. The molecule has 0 atom stereocenters. The van der Waals surface area contributed by atoms with Crippen molar-refractivity contribution < 1.29 is 14.1 Å². The summed E-state index contributed by atoms with van der Waals surface area (Å²) in [5.41, 5.74) is 6.40.